The van der Waals surface area contributed by atoms with Crippen LogP contribution in [0.5, 0.6) is 0 Å². The number of amidine groups is 1. The van der Waals surface area contributed by atoms with Crippen LogP contribution >= 0.6 is 0 Å². The maximum absolute atomic E-state index is 11.4. The molecule has 0 N–H and O–H groups in total. The van der Waals surface area contributed by atoms with E-state index in [2.05, 4.69) is 47.9 Å². The van der Waals surface area contributed by atoms with Crippen LogP contribution in [0.2, 0.25) is 0 Å². The molecule has 1 aromatic heterocycles. The first-order valence-corrected chi connectivity index (χ1v) is 10.8. The van der Waals surface area contributed by atoms with Gasteiger partial charge in [0.25, 0.3) is 5.69 Å². The zero-order chi connectivity index (χ0) is 22.8. The molecule has 1 aliphatic heterocycles. The first-order chi connectivity index (χ1) is 16.1. The second-order valence-electron chi connectivity index (χ2n) is 7.98. The van der Waals surface area contributed by atoms with E-state index in [0.717, 1.165) is 34.0 Å². The number of hydrogen-bond acceptors (Lipinski definition) is 5. The van der Waals surface area contributed by atoms with Crippen LogP contribution in [0.4, 0.5) is 11.5 Å². The molecule has 6 nitrogen and oxygen atoms in total. The van der Waals surface area contributed by atoms with Gasteiger partial charge in [-0.1, -0.05) is 42.5 Å². The van der Waals surface area contributed by atoms with Crippen molar-refractivity contribution in [3.8, 4) is 0 Å². The summed E-state index contributed by atoms with van der Waals surface area (Å²) in [7, 11) is 0. The number of nitrogens with zero attached hydrogens (tertiary/aromatic N) is 4. The van der Waals surface area contributed by atoms with Crippen LogP contribution in [-0.4, -0.2) is 15.7 Å². The lowest BCUT2D eigenvalue weighted by Crippen LogP contribution is -2.38. The predicted octanol–water partition coefficient (Wildman–Crippen LogP) is 5.64. The maximum Gasteiger partial charge on any atom is 0.269 e. The highest BCUT2D eigenvalue weighted by molar-refractivity contribution is 6.13. The third-order valence-corrected chi connectivity index (χ3v) is 5.84. The summed E-state index contributed by atoms with van der Waals surface area (Å²) in [4.78, 5) is 22.9. The second kappa shape index (κ2) is 8.98. The highest BCUT2D eigenvalue weighted by atomic mass is 16.6. The minimum Gasteiger partial charge on any atom is -0.283 e. The number of pyridine rings is 1. The van der Waals surface area contributed by atoms with Crippen LogP contribution in [0.15, 0.2) is 89.7 Å². The van der Waals surface area contributed by atoms with Crippen molar-refractivity contribution in [2.24, 2.45) is 10.9 Å². The monoisotopic (exact) mass is 434 g/mol. The number of aromatic nitrogens is 1. The number of allylic oxidation sites excluding steroid dienone is 1. The molecule has 1 saturated carbocycles. The van der Waals surface area contributed by atoms with Gasteiger partial charge in [-0.2, -0.15) is 0 Å². The molecule has 2 heterocycles. The van der Waals surface area contributed by atoms with Crippen molar-refractivity contribution in [1.29, 1.82) is 0 Å². The fraction of sp³-hybridized carbons (Fsp3) is 0.111. The molecule has 1 atom stereocenters. The van der Waals surface area contributed by atoms with Crippen molar-refractivity contribution in [1.82, 2.24) is 4.98 Å². The number of aliphatic imine (C=N–C) groups is 1. The SMILES string of the molecule is Cc1ccccc1C1=NC(c2cccc([N+](=O)[O-])c2)C=C(C2[CH][CH][CH][CH]2)N1c1ccccn1. The predicted molar refractivity (Wildman–Crippen MR) is 129 cm³/mol. The Hall–Kier alpha value is -3.80. The molecule has 162 valence electrons. The lowest BCUT2D eigenvalue weighted by atomic mass is 9.94. The molecule has 3 aromatic rings. The number of nitro groups is 1. The number of anilines is 1. The quantitative estimate of drug-likeness (QED) is 0.385. The largest absolute Gasteiger partial charge is 0.283 e. The minimum atomic E-state index is -0.369. The van der Waals surface area contributed by atoms with Crippen molar-refractivity contribution in [3.05, 3.63) is 137 Å². The zero-order valence-corrected chi connectivity index (χ0v) is 18.1. The molecule has 33 heavy (non-hydrogen) atoms. The summed E-state index contributed by atoms with van der Waals surface area (Å²) in [6.07, 6.45) is 12.2. The van der Waals surface area contributed by atoms with Crippen LogP contribution in [0.1, 0.15) is 22.7 Å². The van der Waals surface area contributed by atoms with E-state index in [4.69, 9.17) is 4.99 Å². The Bertz CT molecular complexity index is 1230. The lowest BCUT2D eigenvalue weighted by molar-refractivity contribution is -0.384. The Balaban J connectivity index is 1.71. The van der Waals surface area contributed by atoms with Crippen molar-refractivity contribution < 1.29 is 4.92 Å². The fourth-order valence-electron chi connectivity index (χ4n) is 4.21. The summed E-state index contributed by atoms with van der Waals surface area (Å²) in [5.74, 6) is 1.59. The molecule has 0 amide bonds. The van der Waals surface area contributed by atoms with Gasteiger partial charge in [-0.3, -0.25) is 20.0 Å². The Morgan fingerprint density at radius 1 is 0.970 bits per heavy atom. The summed E-state index contributed by atoms with van der Waals surface area (Å²) in [6.45, 7) is 2.06. The third-order valence-electron chi connectivity index (χ3n) is 5.84. The van der Waals surface area contributed by atoms with Crippen LogP contribution in [0.3, 0.4) is 0 Å². The normalized spacial score (nSPS) is 18.7. The molecule has 2 aromatic carbocycles. The van der Waals surface area contributed by atoms with Crippen LogP contribution in [0.25, 0.3) is 0 Å². The van der Waals surface area contributed by atoms with Crippen LogP contribution in [-0.2, 0) is 0 Å². The van der Waals surface area contributed by atoms with E-state index < -0.39 is 0 Å². The van der Waals surface area contributed by atoms with Gasteiger partial charge in [-0.15, -0.1) is 0 Å². The van der Waals surface area contributed by atoms with Crippen molar-refractivity contribution >= 4 is 17.3 Å². The molecule has 6 heteroatoms. The van der Waals surface area contributed by atoms with Gasteiger partial charge >= 0.3 is 0 Å². The van der Waals surface area contributed by atoms with Gasteiger partial charge in [0.2, 0.25) is 0 Å². The topological polar surface area (TPSA) is 71.6 Å². The molecule has 2 aliphatic rings. The molecular formula is C27H22N4O2. The first-order valence-electron chi connectivity index (χ1n) is 10.8. The fourth-order valence-corrected chi connectivity index (χ4v) is 4.21. The molecule has 0 spiro atoms. The standard InChI is InChI=1S/C27H22N4O2/c1-19-9-2-5-14-23(19)27-29-24(21-12-8-13-22(17-21)31(32)33)18-25(20-10-3-4-11-20)30(27)26-15-6-7-16-28-26/h2-18,20,24H,1H3. The Morgan fingerprint density at radius 3 is 2.48 bits per heavy atom. The Morgan fingerprint density at radius 2 is 1.76 bits per heavy atom. The number of hydrogen-bond donors (Lipinski definition) is 0. The van der Waals surface area contributed by atoms with Gasteiger partial charge < -0.3 is 0 Å². The van der Waals surface area contributed by atoms with Crippen molar-refractivity contribution in [3.63, 3.8) is 0 Å². The number of benzene rings is 2. The van der Waals surface area contributed by atoms with E-state index in [1.165, 1.54) is 6.07 Å². The molecule has 0 saturated heterocycles. The van der Waals surface area contributed by atoms with E-state index in [-0.39, 0.29) is 22.6 Å². The van der Waals surface area contributed by atoms with Crippen molar-refractivity contribution in [2.75, 3.05) is 4.90 Å². The van der Waals surface area contributed by atoms with Gasteiger partial charge in [0, 0.05) is 35.5 Å². The summed E-state index contributed by atoms with van der Waals surface area (Å²) < 4.78 is 0. The summed E-state index contributed by atoms with van der Waals surface area (Å²) in [5.41, 5.74) is 3.94. The van der Waals surface area contributed by atoms with Gasteiger partial charge in [0.05, 0.1) is 11.0 Å². The van der Waals surface area contributed by atoms with Gasteiger partial charge in [0.1, 0.15) is 11.7 Å². The van der Waals surface area contributed by atoms with Crippen LogP contribution in [0, 0.1) is 48.6 Å². The van der Waals surface area contributed by atoms with E-state index in [1.807, 2.05) is 49.2 Å². The lowest BCUT2D eigenvalue weighted by Gasteiger charge is -2.36. The molecule has 4 radical (unpaired) electrons. The Labute approximate surface area is 193 Å². The molecule has 1 fully saturated rings. The molecule has 5 rings (SSSR count). The average Bonchev–Trinajstić information content (AvgIpc) is 3.39. The Kier molecular flexibility index (Phi) is 5.73. The van der Waals surface area contributed by atoms with Crippen LogP contribution < -0.4 is 4.90 Å². The average molecular weight is 434 g/mol. The molecule has 1 aliphatic carbocycles. The van der Waals surface area contributed by atoms with E-state index in [1.54, 1.807) is 18.3 Å². The zero-order valence-electron chi connectivity index (χ0n) is 18.1. The highest BCUT2D eigenvalue weighted by Crippen LogP contribution is 2.39. The number of non-ortho nitro benzene ring substituents is 1. The summed E-state index contributed by atoms with van der Waals surface area (Å²) in [5, 5.41) is 11.4. The highest BCUT2D eigenvalue weighted by Gasteiger charge is 2.34. The third kappa shape index (κ3) is 4.16. The second-order valence-corrected chi connectivity index (χ2v) is 7.98. The number of rotatable bonds is 5. The number of aryl methyl sites for hydroxylation is 1. The first kappa shape index (κ1) is 21.1. The van der Waals surface area contributed by atoms with E-state index in [0.29, 0.717) is 0 Å². The van der Waals surface area contributed by atoms with E-state index >= 15 is 0 Å². The summed E-state index contributed by atoms with van der Waals surface area (Å²) in [6, 6.07) is 20.3. The van der Waals surface area contributed by atoms with Crippen molar-refractivity contribution in [2.45, 2.75) is 13.0 Å². The molecule has 0 bridgehead atoms. The summed E-state index contributed by atoms with van der Waals surface area (Å²) >= 11 is 0. The van der Waals surface area contributed by atoms with Gasteiger partial charge in [-0.25, -0.2) is 4.98 Å². The smallest absolute Gasteiger partial charge is 0.269 e. The maximum atomic E-state index is 11.4. The molecular weight excluding hydrogens is 412 g/mol. The number of nitro benzene ring substituents is 1. The van der Waals surface area contributed by atoms with E-state index in [9.17, 15) is 10.1 Å². The van der Waals surface area contributed by atoms with Gasteiger partial charge in [0.15, 0.2) is 0 Å². The minimum absolute atomic E-state index is 0.0442. The van der Waals surface area contributed by atoms with Gasteiger partial charge in [-0.05, 0) is 61.9 Å². The molecule has 1 unspecified atom stereocenters.